The largest absolute Gasteiger partial charge is 0.573 e. The van der Waals surface area contributed by atoms with Gasteiger partial charge in [0.05, 0.1) is 12.2 Å². The maximum absolute atomic E-state index is 12.3. The fourth-order valence-corrected chi connectivity index (χ4v) is 1.75. The fourth-order valence-electron chi connectivity index (χ4n) is 1.41. The van der Waals surface area contributed by atoms with Crippen molar-refractivity contribution in [1.82, 2.24) is 5.32 Å². The Morgan fingerprint density at radius 2 is 2.05 bits per heavy atom. The molecule has 0 saturated carbocycles. The fraction of sp³-hybridized carbons (Fsp3) is 0.462. The first-order chi connectivity index (χ1) is 9.67. The number of anilines is 1. The molecule has 0 aliphatic heterocycles. The van der Waals surface area contributed by atoms with E-state index in [1.165, 1.54) is 12.1 Å². The lowest BCUT2D eigenvalue weighted by molar-refractivity contribution is -0.274. The molecule has 0 saturated heterocycles. The number of hydrogen-bond acceptors (Lipinski definition) is 3. The molecule has 21 heavy (non-hydrogen) atoms. The molecule has 1 aromatic carbocycles. The van der Waals surface area contributed by atoms with E-state index in [1.54, 1.807) is 6.07 Å². The van der Waals surface area contributed by atoms with Gasteiger partial charge in [0.25, 0.3) is 0 Å². The third-order valence-corrected chi connectivity index (χ3v) is 2.81. The van der Waals surface area contributed by atoms with Crippen LogP contribution < -0.4 is 15.4 Å². The quantitative estimate of drug-likeness (QED) is 0.807. The number of alkyl halides is 3. The highest BCUT2D eigenvalue weighted by molar-refractivity contribution is 9.10. The molecule has 4 nitrogen and oxygen atoms in total. The minimum Gasteiger partial charge on any atom is -0.404 e. The number of benzene rings is 1. The van der Waals surface area contributed by atoms with Crippen LogP contribution in [0.3, 0.4) is 0 Å². The molecule has 118 valence electrons. The topological polar surface area (TPSA) is 50.4 Å². The highest BCUT2D eigenvalue weighted by atomic mass is 79.9. The number of rotatable bonds is 6. The van der Waals surface area contributed by atoms with Gasteiger partial charge in [-0.25, -0.2) is 0 Å². The van der Waals surface area contributed by atoms with Crippen LogP contribution in [0.15, 0.2) is 22.7 Å². The minimum absolute atomic E-state index is 0.0928. The van der Waals surface area contributed by atoms with Crippen molar-refractivity contribution in [2.24, 2.45) is 5.92 Å². The summed E-state index contributed by atoms with van der Waals surface area (Å²) in [5.74, 6) is -0.399. The van der Waals surface area contributed by atoms with E-state index in [-0.39, 0.29) is 18.1 Å². The van der Waals surface area contributed by atoms with Crippen LogP contribution in [0, 0.1) is 5.92 Å². The van der Waals surface area contributed by atoms with Crippen molar-refractivity contribution in [2.75, 3.05) is 18.4 Å². The van der Waals surface area contributed by atoms with Crippen molar-refractivity contribution in [1.29, 1.82) is 0 Å². The Bertz CT molecular complexity index is 493. The van der Waals surface area contributed by atoms with Crippen molar-refractivity contribution < 1.29 is 22.7 Å². The van der Waals surface area contributed by atoms with Crippen molar-refractivity contribution in [2.45, 2.75) is 20.2 Å². The van der Waals surface area contributed by atoms with Gasteiger partial charge in [-0.3, -0.25) is 4.79 Å². The predicted molar refractivity (Wildman–Crippen MR) is 77.2 cm³/mol. The molecule has 0 aromatic heterocycles. The van der Waals surface area contributed by atoms with Crippen LogP contribution in [0.1, 0.15) is 13.8 Å². The molecule has 0 aliphatic rings. The molecule has 0 atom stereocenters. The molecule has 0 spiro atoms. The summed E-state index contributed by atoms with van der Waals surface area (Å²) in [6.45, 7) is 4.25. The van der Waals surface area contributed by atoms with E-state index in [2.05, 4.69) is 31.3 Å². The Labute approximate surface area is 129 Å². The highest BCUT2D eigenvalue weighted by Crippen LogP contribution is 2.32. The Morgan fingerprint density at radius 3 is 2.62 bits per heavy atom. The summed E-state index contributed by atoms with van der Waals surface area (Å²) in [5.41, 5.74) is 0.0928. The molecule has 0 heterocycles. The number of amides is 1. The van der Waals surface area contributed by atoms with Gasteiger partial charge in [-0.15, -0.1) is 13.2 Å². The Morgan fingerprint density at radius 1 is 1.38 bits per heavy atom. The summed E-state index contributed by atoms with van der Waals surface area (Å²) >= 11 is 3.07. The van der Waals surface area contributed by atoms with Crippen LogP contribution in [0.25, 0.3) is 0 Å². The van der Waals surface area contributed by atoms with E-state index in [0.717, 1.165) is 0 Å². The third kappa shape index (κ3) is 7.22. The van der Waals surface area contributed by atoms with Crippen LogP contribution in [0.5, 0.6) is 5.75 Å². The molecule has 8 heteroatoms. The summed E-state index contributed by atoms with van der Waals surface area (Å²) in [6.07, 6.45) is -4.79. The van der Waals surface area contributed by atoms with Crippen LogP contribution in [-0.4, -0.2) is 25.4 Å². The maximum Gasteiger partial charge on any atom is 0.573 e. The van der Waals surface area contributed by atoms with Gasteiger partial charge in [0.2, 0.25) is 5.91 Å². The van der Waals surface area contributed by atoms with Crippen LogP contribution in [0.4, 0.5) is 18.9 Å². The number of ether oxygens (including phenoxy) is 1. The Hall–Kier alpha value is -1.44. The second-order valence-electron chi connectivity index (χ2n) is 4.74. The molecule has 1 amide bonds. The van der Waals surface area contributed by atoms with E-state index in [0.29, 0.717) is 16.9 Å². The summed E-state index contributed by atoms with van der Waals surface area (Å²) in [4.78, 5) is 11.5. The average molecular weight is 369 g/mol. The Kier molecular flexibility index (Phi) is 6.32. The minimum atomic E-state index is -4.79. The molecule has 0 fully saturated rings. The molecular formula is C13H16BrF3N2O2. The summed E-state index contributed by atoms with van der Waals surface area (Å²) in [6, 6.07) is 4.14. The van der Waals surface area contributed by atoms with Crippen LogP contribution in [0.2, 0.25) is 0 Å². The summed E-state index contributed by atoms with van der Waals surface area (Å²) in [7, 11) is 0. The zero-order valence-corrected chi connectivity index (χ0v) is 13.1. The lowest BCUT2D eigenvalue weighted by Crippen LogP contribution is -2.32. The first kappa shape index (κ1) is 17.6. The normalized spacial score (nSPS) is 11.4. The maximum atomic E-state index is 12.3. The summed E-state index contributed by atoms with van der Waals surface area (Å²) in [5, 5.41) is 5.29. The third-order valence-electron chi connectivity index (χ3n) is 2.32. The van der Waals surface area contributed by atoms with Gasteiger partial charge in [-0.2, -0.15) is 0 Å². The number of carbonyl (C=O) groups is 1. The lowest BCUT2D eigenvalue weighted by Gasteiger charge is -2.15. The second kappa shape index (κ2) is 7.53. The number of hydrogen-bond donors (Lipinski definition) is 2. The van der Waals surface area contributed by atoms with Crippen molar-refractivity contribution in [3.8, 4) is 5.75 Å². The molecule has 2 N–H and O–H groups in total. The number of carbonyl (C=O) groups excluding carboxylic acids is 1. The van der Waals surface area contributed by atoms with Gasteiger partial charge in [0.1, 0.15) is 0 Å². The monoisotopic (exact) mass is 368 g/mol. The van der Waals surface area contributed by atoms with E-state index >= 15 is 0 Å². The van der Waals surface area contributed by atoms with Gasteiger partial charge in [0.15, 0.2) is 5.75 Å². The van der Waals surface area contributed by atoms with Gasteiger partial charge >= 0.3 is 6.36 Å². The zero-order chi connectivity index (χ0) is 16.0. The molecular weight excluding hydrogens is 353 g/mol. The van der Waals surface area contributed by atoms with Crippen LogP contribution in [-0.2, 0) is 4.79 Å². The smallest absolute Gasteiger partial charge is 0.404 e. The van der Waals surface area contributed by atoms with Crippen molar-refractivity contribution >= 4 is 27.5 Å². The SMILES string of the molecule is CC(C)CNC(=O)CNc1ccc(Br)cc1OC(F)(F)F. The first-order valence-electron chi connectivity index (χ1n) is 6.23. The number of nitrogens with one attached hydrogen (secondary N) is 2. The molecule has 0 radical (unpaired) electrons. The molecule has 1 aromatic rings. The molecule has 0 bridgehead atoms. The standard InChI is InChI=1S/C13H16BrF3N2O2/c1-8(2)6-19-12(20)7-18-10-4-3-9(14)5-11(10)21-13(15,16)17/h3-5,8,18H,6-7H2,1-2H3,(H,19,20). The van der Waals surface area contributed by atoms with Gasteiger partial charge in [0, 0.05) is 11.0 Å². The average Bonchev–Trinajstić information content (AvgIpc) is 2.33. The van der Waals surface area contributed by atoms with Crippen molar-refractivity contribution in [3.05, 3.63) is 22.7 Å². The van der Waals surface area contributed by atoms with E-state index < -0.39 is 12.1 Å². The first-order valence-corrected chi connectivity index (χ1v) is 7.02. The van der Waals surface area contributed by atoms with E-state index in [1.807, 2.05) is 13.8 Å². The Balaban J connectivity index is 2.68. The van der Waals surface area contributed by atoms with Gasteiger partial charge in [-0.1, -0.05) is 29.8 Å². The second-order valence-corrected chi connectivity index (χ2v) is 5.66. The van der Waals surface area contributed by atoms with Gasteiger partial charge in [-0.05, 0) is 24.1 Å². The van der Waals surface area contributed by atoms with E-state index in [9.17, 15) is 18.0 Å². The molecule has 1 rings (SSSR count). The summed E-state index contributed by atoms with van der Waals surface area (Å²) < 4.78 is 41.3. The van der Waals surface area contributed by atoms with Crippen LogP contribution >= 0.6 is 15.9 Å². The predicted octanol–water partition coefficient (Wildman–Crippen LogP) is 3.53. The molecule has 0 unspecified atom stereocenters. The highest BCUT2D eigenvalue weighted by Gasteiger charge is 2.32. The van der Waals surface area contributed by atoms with Crippen molar-refractivity contribution in [3.63, 3.8) is 0 Å². The molecule has 0 aliphatic carbocycles. The zero-order valence-electron chi connectivity index (χ0n) is 11.6. The van der Waals surface area contributed by atoms with E-state index in [4.69, 9.17) is 0 Å². The van der Waals surface area contributed by atoms with Gasteiger partial charge < -0.3 is 15.4 Å². The number of halogens is 4. The lowest BCUT2D eigenvalue weighted by atomic mass is 10.2.